The largest absolute Gasteiger partial charge is 0.380 e. The van der Waals surface area contributed by atoms with E-state index in [0.717, 1.165) is 17.4 Å². The fourth-order valence-electron chi connectivity index (χ4n) is 2.40. The molecule has 0 spiro atoms. The van der Waals surface area contributed by atoms with Crippen LogP contribution in [0.2, 0.25) is 0 Å². The van der Waals surface area contributed by atoms with Gasteiger partial charge in [0, 0.05) is 11.0 Å². The van der Waals surface area contributed by atoms with Crippen LogP contribution >= 0.6 is 15.9 Å². The van der Waals surface area contributed by atoms with E-state index in [9.17, 15) is 0 Å². The number of anilines is 1. The minimum Gasteiger partial charge on any atom is -0.380 e. The topological polar surface area (TPSA) is 12.0 Å². The van der Waals surface area contributed by atoms with Crippen molar-refractivity contribution in [3.05, 3.63) is 63.1 Å². The predicted molar refractivity (Wildman–Crippen MR) is 86.8 cm³/mol. The van der Waals surface area contributed by atoms with Gasteiger partial charge >= 0.3 is 0 Å². The molecule has 0 radical (unpaired) electrons. The lowest BCUT2D eigenvalue weighted by Crippen LogP contribution is -2.04. The van der Waals surface area contributed by atoms with Gasteiger partial charge in [0.1, 0.15) is 0 Å². The van der Waals surface area contributed by atoms with Crippen LogP contribution in [-0.2, 0) is 13.0 Å². The number of hydrogen-bond acceptors (Lipinski definition) is 1. The highest BCUT2D eigenvalue weighted by Crippen LogP contribution is 2.28. The Labute approximate surface area is 124 Å². The van der Waals surface area contributed by atoms with Gasteiger partial charge in [0.25, 0.3) is 0 Å². The van der Waals surface area contributed by atoms with E-state index < -0.39 is 0 Å². The van der Waals surface area contributed by atoms with Gasteiger partial charge in [0.05, 0.1) is 5.69 Å². The molecule has 0 aromatic heterocycles. The average molecular weight is 318 g/mol. The summed E-state index contributed by atoms with van der Waals surface area (Å²) in [7, 11) is 0. The fraction of sp³-hybridized carbons (Fsp3) is 0.294. The highest BCUT2D eigenvalue weighted by atomic mass is 79.9. The van der Waals surface area contributed by atoms with Gasteiger partial charge in [-0.15, -0.1) is 0 Å². The third-order valence-corrected chi connectivity index (χ3v) is 4.01. The Hall–Kier alpha value is -1.28. The molecule has 0 fully saturated rings. The Morgan fingerprint density at radius 2 is 1.74 bits per heavy atom. The molecule has 2 heteroatoms. The Bertz CT molecular complexity index is 552. The molecule has 0 atom stereocenters. The van der Waals surface area contributed by atoms with Crippen molar-refractivity contribution < 1.29 is 0 Å². The van der Waals surface area contributed by atoms with Crippen LogP contribution in [-0.4, -0.2) is 0 Å². The van der Waals surface area contributed by atoms with Crippen LogP contribution in [0.4, 0.5) is 5.69 Å². The zero-order valence-electron chi connectivity index (χ0n) is 11.8. The van der Waals surface area contributed by atoms with E-state index in [-0.39, 0.29) is 0 Å². The molecule has 2 rings (SSSR count). The molecule has 0 saturated heterocycles. The highest BCUT2D eigenvalue weighted by molar-refractivity contribution is 9.10. The van der Waals surface area contributed by atoms with Gasteiger partial charge in [-0.05, 0) is 64.5 Å². The molecular weight excluding hydrogens is 298 g/mol. The minimum atomic E-state index is 0.868. The Balaban J connectivity index is 2.19. The lowest BCUT2D eigenvalue weighted by Gasteiger charge is -2.14. The molecule has 0 amide bonds. The van der Waals surface area contributed by atoms with Crippen molar-refractivity contribution in [2.75, 3.05) is 5.32 Å². The summed E-state index contributed by atoms with van der Waals surface area (Å²) in [6.07, 6.45) is 1.08. The Kier molecular flexibility index (Phi) is 4.65. The van der Waals surface area contributed by atoms with E-state index in [1.807, 2.05) is 0 Å². The van der Waals surface area contributed by atoms with Crippen LogP contribution < -0.4 is 5.32 Å². The molecular formula is C17H20BrN. The smallest absolute Gasteiger partial charge is 0.0517 e. The molecule has 0 bridgehead atoms. The normalized spacial score (nSPS) is 10.5. The van der Waals surface area contributed by atoms with E-state index in [1.54, 1.807) is 0 Å². The first-order valence-corrected chi connectivity index (χ1v) is 7.48. The zero-order chi connectivity index (χ0) is 13.8. The molecule has 0 aliphatic rings. The highest BCUT2D eigenvalue weighted by Gasteiger charge is 2.06. The van der Waals surface area contributed by atoms with Gasteiger partial charge in [-0.2, -0.15) is 0 Å². The molecule has 0 unspecified atom stereocenters. The first-order valence-electron chi connectivity index (χ1n) is 6.69. The summed E-state index contributed by atoms with van der Waals surface area (Å²) in [5.74, 6) is 0. The number of hydrogen-bond donors (Lipinski definition) is 1. The van der Waals surface area contributed by atoms with Crippen molar-refractivity contribution in [3.8, 4) is 0 Å². The van der Waals surface area contributed by atoms with Crippen LogP contribution in [0.15, 0.2) is 40.9 Å². The maximum Gasteiger partial charge on any atom is 0.0517 e. The standard InChI is InChI=1S/C17H20BrN/c1-4-14-7-5-6-8-15(14)11-19-17-13(3)9-12(2)10-16(17)18/h5-10,19H,4,11H2,1-3H3. The van der Waals surface area contributed by atoms with E-state index in [2.05, 4.69) is 78.4 Å². The van der Waals surface area contributed by atoms with Gasteiger partial charge in [0.2, 0.25) is 0 Å². The van der Waals surface area contributed by atoms with Crippen LogP contribution in [0.1, 0.15) is 29.2 Å². The molecule has 100 valence electrons. The van der Waals surface area contributed by atoms with Crippen molar-refractivity contribution in [1.29, 1.82) is 0 Å². The van der Waals surface area contributed by atoms with Gasteiger partial charge in [-0.3, -0.25) is 0 Å². The van der Waals surface area contributed by atoms with Gasteiger partial charge < -0.3 is 5.32 Å². The molecule has 19 heavy (non-hydrogen) atoms. The summed E-state index contributed by atoms with van der Waals surface area (Å²) in [6, 6.07) is 13.0. The first kappa shape index (κ1) is 14.1. The maximum atomic E-state index is 3.64. The van der Waals surface area contributed by atoms with Crippen LogP contribution in [0.25, 0.3) is 0 Å². The zero-order valence-corrected chi connectivity index (χ0v) is 13.3. The number of halogens is 1. The van der Waals surface area contributed by atoms with Crippen molar-refractivity contribution in [2.24, 2.45) is 0 Å². The van der Waals surface area contributed by atoms with E-state index in [1.165, 1.54) is 27.9 Å². The quantitative estimate of drug-likeness (QED) is 0.813. The summed E-state index contributed by atoms with van der Waals surface area (Å²) in [4.78, 5) is 0. The SMILES string of the molecule is CCc1ccccc1CNc1c(C)cc(C)cc1Br. The minimum absolute atomic E-state index is 0.868. The second-order valence-electron chi connectivity index (χ2n) is 4.91. The van der Waals surface area contributed by atoms with Crippen LogP contribution in [0.5, 0.6) is 0 Å². The third kappa shape index (κ3) is 3.38. The third-order valence-electron chi connectivity index (χ3n) is 3.39. The van der Waals surface area contributed by atoms with Gasteiger partial charge in [-0.1, -0.05) is 37.3 Å². The van der Waals surface area contributed by atoms with Crippen molar-refractivity contribution in [2.45, 2.75) is 33.7 Å². The van der Waals surface area contributed by atoms with Crippen LogP contribution in [0.3, 0.4) is 0 Å². The fourth-order valence-corrected chi connectivity index (χ4v) is 3.21. The summed E-state index contributed by atoms with van der Waals surface area (Å²) >= 11 is 3.64. The van der Waals surface area contributed by atoms with Gasteiger partial charge in [-0.25, -0.2) is 0 Å². The number of nitrogens with one attached hydrogen (secondary N) is 1. The summed E-state index contributed by atoms with van der Waals surface area (Å²) in [6.45, 7) is 7.33. The molecule has 1 N–H and O–H groups in total. The second kappa shape index (κ2) is 6.25. The van der Waals surface area contributed by atoms with Crippen molar-refractivity contribution >= 4 is 21.6 Å². The summed E-state index contributed by atoms with van der Waals surface area (Å²) in [5, 5.41) is 3.55. The Morgan fingerprint density at radius 1 is 1.05 bits per heavy atom. The molecule has 1 nitrogen and oxygen atoms in total. The van der Waals surface area contributed by atoms with Crippen LogP contribution in [0, 0.1) is 13.8 Å². The van der Waals surface area contributed by atoms with Crippen molar-refractivity contribution in [3.63, 3.8) is 0 Å². The molecule has 2 aromatic rings. The van der Waals surface area contributed by atoms with Crippen molar-refractivity contribution in [1.82, 2.24) is 0 Å². The summed E-state index contributed by atoms with van der Waals surface area (Å²) < 4.78 is 1.14. The molecule has 0 saturated carbocycles. The lowest BCUT2D eigenvalue weighted by molar-refractivity contribution is 1.04. The monoisotopic (exact) mass is 317 g/mol. The number of aryl methyl sites for hydroxylation is 3. The van der Waals surface area contributed by atoms with E-state index in [0.29, 0.717) is 0 Å². The molecule has 0 heterocycles. The van der Waals surface area contributed by atoms with Gasteiger partial charge in [0.15, 0.2) is 0 Å². The molecule has 0 aliphatic carbocycles. The summed E-state index contributed by atoms with van der Waals surface area (Å²) in [5.41, 5.74) is 6.54. The maximum absolute atomic E-state index is 3.64. The number of rotatable bonds is 4. The lowest BCUT2D eigenvalue weighted by atomic mass is 10.0. The van der Waals surface area contributed by atoms with E-state index in [4.69, 9.17) is 0 Å². The Morgan fingerprint density at radius 3 is 2.37 bits per heavy atom. The second-order valence-corrected chi connectivity index (χ2v) is 5.77. The van der Waals surface area contributed by atoms with E-state index >= 15 is 0 Å². The molecule has 0 aliphatic heterocycles. The molecule has 2 aromatic carbocycles. The first-order chi connectivity index (χ1) is 9.11. The average Bonchev–Trinajstić information content (AvgIpc) is 2.38. The number of benzene rings is 2. The predicted octanol–water partition coefficient (Wildman–Crippen LogP) is 5.24.